The number of amides is 2. The van der Waals surface area contributed by atoms with Gasteiger partial charge in [-0.05, 0) is 23.8 Å². The molecule has 2 aromatic heterocycles. The van der Waals surface area contributed by atoms with Gasteiger partial charge < -0.3 is 19.3 Å². The number of pyridine rings is 1. The maximum atomic E-state index is 12.8. The van der Waals surface area contributed by atoms with Crippen molar-refractivity contribution in [3.63, 3.8) is 0 Å². The molecule has 3 heterocycles. The normalized spacial score (nSPS) is 15.3. The van der Waals surface area contributed by atoms with Crippen LogP contribution >= 0.6 is 11.6 Å². The van der Waals surface area contributed by atoms with E-state index in [1.54, 1.807) is 41.2 Å². The van der Waals surface area contributed by atoms with Crippen LogP contribution in [0.25, 0.3) is 11.1 Å². The highest BCUT2D eigenvalue weighted by Crippen LogP contribution is 2.34. The largest absolute Gasteiger partial charge is 0.588 e. The molecular weight excluding hydrogens is 454 g/mol. The van der Waals surface area contributed by atoms with Gasteiger partial charge in [-0.1, -0.05) is 31.5 Å². The summed E-state index contributed by atoms with van der Waals surface area (Å²) < 4.78 is 27.8. The van der Waals surface area contributed by atoms with Gasteiger partial charge in [0.25, 0.3) is 10.8 Å². The van der Waals surface area contributed by atoms with Crippen molar-refractivity contribution < 1.29 is 18.8 Å². The summed E-state index contributed by atoms with van der Waals surface area (Å²) in [5, 5.41) is 7.39. The van der Waals surface area contributed by atoms with Gasteiger partial charge in [-0.2, -0.15) is 5.10 Å². The van der Waals surface area contributed by atoms with Crippen LogP contribution in [0.15, 0.2) is 47.6 Å². The predicted octanol–water partition coefficient (Wildman–Crippen LogP) is 3.87. The van der Waals surface area contributed by atoms with E-state index in [9.17, 15) is 9.35 Å². The number of hydrogen-bond donors (Lipinski definition) is 2. The van der Waals surface area contributed by atoms with Crippen LogP contribution in [0, 0.1) is 5.41 Å². The van der Waals surface area contributed by atoms with Crippen LogP contribution in [0.5, 0.6) is 11.8 Å². The Labute approximate surface area is 193 Å². The number of hydrogen-bond acceptors (Lipinski definition) is 6. The van der Waals surface area contributed by atoms with Crippen molar-refractivity contribution in [1.82, 2.24) is 19.5 Å². The lowest BCUT2D eigenvalue weighted by molar-refractivity contribution is 0.0970. The zero-order chi connectivity index (χ0) is 22.9. The number of aromatic nitrogens is 3. The molecule has 4 rings (SSSR count). The third-order valence-electron chi connectivity index (χ3n) is 4.81. The number of nitrogens with one attached hydrogen (secondary N) is 2. The monoisotopic (exact) mass is 475 g/mol. The van der Waals surface area contributed by atoms with Crippen molar-refractivity contribution in [3.05, 3.63) is 47.7 Å². The van der Waals surface area contributed by atoms with Crippen LogP contribution in [0.3, 0.4) is 0 Å². The van der Waals surface area contributed by atoms with Crippen molar-refractivity contribution in [1.29, 1.82) is 0 Å². The minimum atomic E-state index is -1.87. The van der Waals surface area contributed by atoms with Gasteiger partial charge in [-0.25, -0.2) is 14.5 Å². The Morgan fingerprint density at radius 1 is 1.34 bits per heavy atom. The fraction of sp³-hybridized carbons (Fsp3) is 0.286. The molecule has 0 radical (unpaired) electrons. The molecule has 168 valence electrons. The average molecular weight is 476 g/mol. The summed E-state index contributed by atoms with van der Waals surface area (Å²) in [7, 11) is 1.52. The lowest BCUT2D eigenvalue weighted by Crippen LogP contribution is -2.36. The summed E-state index contributed by atoms with van der Waals surface area (Å²) in [4.78, 5) is 17.0. The van der Waals surface area contributed by atoms with Crippen molar-refractivity contribution in [2.45, 2.75) is 25.3 Å². The van der Waals surface area contributed by atoms with Crippen LogP contribution in [-0.4, -0.2) is 39.1 Å². The van der Waals surface area contributed by atoms with Crippen molar-refractivity contribution in [2.75, 3.05) is 19.0 Å². The van der Waals surface area contributed by atoms with E-state index in [2.05, 4.69) is 34.0 Å². The smallest absolute Gasteiger partial charge is 0.361 e. The summed E-state index contributed by atoms with van der Waals surface area (Å²) in [6.07, 6.45) is 3.05. The van der Waals surface area contributed by atoms with E-state index in [1.165, 1.54) is 13.3 Å². The van der Waals surface area contributed by atoms with Crippen LogP contribution in [0.1, 0.15) is 13.8 Å². The highest BCUT2D eigenvalue weighted by atomic mass is 35.5. The molecule has 9 nitrogen and oxygen atoms in total. The summed E-state index contributed by atoms with van der Waals surface area (Å²) >= 11 is 4.27. The maximum Gasteiger partial charge on any atom is 0.361 e. The molecule has 3 aromatic rings. The molecule has 1 aromatic carbocycles. The van der Waals surface area contributed by atoms with E-state index < -0.39 is 17.4 Å². The van der Waals surface area contributed by atoms with Gasteiger partial charge in [-0.15, -0.1) is 4.72 Å². The Bertz CT molecular complexity index is 1150. The lowest BCUT2D eigenvalue weighted by atomic mass is 9.94. The average Bonchev–Trinajstić information content (AvgIpc) is 3.15. The predicted molar refractivity (Wildman–Crippen MR) is 121 cm³/mol. The second kappa shape index (κ2) is 8.89. The minimum Gasteiger partial charge on any atom is -0.588 e. The minimum absolute atomic E-state index is 0.0821. The molecule has 2 N–H and O–H groups in total. The molecule has 1 atom stereocenters. The number of methoxy groups -OCH3 is 1. The molecule has 1 aliphatic heterocycles. The number of carbonyl (C=O) groups is 1. The Kier molecular flexibility index (Phi) is 6.18. The molecule has 0 saturated heterocycles. The number of rotatable bonds is 5. The molecule has 0 aliphatic carbocycles. The Morgan fingerprint density at radius 3 is 2.94 bits per heavy atom. The van der Waals surface area contributed by atoms with Gasteiger partial charge in [0.2, 0.25) is 5.88 Å². The molecule has 32 heavy (non-hydrogen) atoms. The van der Waals surface area contributed by atoms with Gasteiger partial charge in [0.15, 0.2) is 0 Å². The third kappa shape index (κ3) is 4.77. The van der Waals surface area contributed by atoms with E-state index in [1.807, 2.05) is 0 Å². The molecule has 0 spiro atoms. The van der Waals surface area contributed by atoms with Crippen molar-refractivity contribution >= 4 is 34.7 Å². The fourth-order valence-electron chi connectivity index (χ4n) is 3.30. The van der Waals surface area contributed by atoms with Gasteiger partial charge in [0.1, 0.15) is 17.6 Å². The van der Waals surface area contributed by atoms with Crippen molar-refractivity contribution in [2.24, 2.45) is 5.41 Å². The molecule has 0 fully saturated rings. The number of anilines is 1. The highest BCUT2D eigenvalue weighted by molar-refractivity contribution is 7.90. The number of carbonyl (C=O) groups excluding carboxylic acids is 1. The number of ether oxygens (including phenoxy) is 2. The van der Waals surface area contributed by atoms with Crippen LogP contribution in [0.4, 0.5) is 10.5 Å². The summed E-state index contributed by atoms with van der Waals surface area (Å²) in [5.74, 6) is 0.832. The van der Waals surface area contributed by atoms with E-state index >= 15 is 0 Å². The first-order valence-electron chi connectivity index (χ1n) is 9.74. The first-order valence-corrected chi connectivity index (χ1v) is 11.3. The Balaban J connectivity index is 1.51. The van der Waals surface area contributed by atoms with E-state index in [4.69, 9.17) is 21.1 Å². The Morgan fingerprint density at radius 2 is 2.16 bits per heavy atom. The third-order valence-corrected chi connectivity index (χ3v) is 6.09. The number of fused-ring (bicyclic) bond motifs is 1. The molecule has 1 unspecified atom stereocenters. The van der Waals surface area contributed by atoms with Gasteiger partial charge in [-0.3, -0.25) is 0 Å². The SMILES string of the molecule is COc1cc(-c2ccc(Cl)cc2NC(=O)N[S+]([O-])c2cnn3c2OCC(C)(C)C3)ccn1. The molecular formula is C21H22ClN5O4S. The van der Waals surface area contributed by atoms with Crippen LogP contribution in [0.2, 0.25) is 5.02 Å². The summed E-state index contributed by atoms with van der Waals surface area (Å²) in [6.45, 7) is 5.21. The van der Waals surface area contributed by atoms with E-state index in [0.717, 1.165) is 5.56 Å². The summed E-state index contributed by atoms with van der Waals surface area (Å²) in [6, 6.07) is 7.95. The maximum absolute atomic E-state index is 12.8. The zero-order valence-electron chi connectivity index (χ0n) is 17.7. The topological polar surface area (TPSA) is 113 Å². The molecule has 1 aliphatic rings. The first-order chi connectivity index (χ1) is 15.3. The highest BCUT2D eigenvalue weighted by Gasteiger charge is 2.34. The zero-order valence-corrected chi connectivity index (χ0v) is 19.3. The second-order valence-electron chi connectivity index (χ2n) is 8.03. The fourth-order valence-corrected chi connectivity index (χ4v) is 4.27. The van der Waals surface area contributed by atoms with Gasteiger partial charge in [0, 0.05) is 28.3 Å². The number of benzene rings is 1. The molecule has 0 saturated carbocycles. The van der Waals surface area contributed by atoms with Crippen LogP contribution in [-0.2, 0) is 17.9 Å². The number of urea groups is 1. The Hall–Kier alpha value is -2.95. The van der Waals surface area contributed by atoms with Gasteiger partial charge >= 0.3 is 6.03 Å². The van der Waals surface area contributed by atoms with Crippen molar-refractivity contribution in [3.8, 4) is 22.9 Å². The number of nitrogens with zero attached hydrogens (tertiary/aromatic N) is 3. The second-order valence-corrected chi connectivity index (χ2v) is 9.64. The molecule has 11 heteroatoms. The first kappa shape index (κ1) is 22.3. The van der Waals surface area contributed by atoms with E-state index in [-0.39, 0.29) is 5.41 Å². The van der Waals surface area contributed by atoms with E-state index in [0.29, 0.717) is 46.1 Å². The molecule has 0 bridgehead atoms. The number of halogens is 1. The summed E-state index contributed by atoms with van der Waals surface area (Å²) in [5.41, 5.74) is 1.83. The lowest BCUT2D eigenvalue weighted by Gasteiger charge is -2.30. The standard InChI is InChI=1S/C21H22ClN5O4S/c1-21(2)11-27-19(31-12-21)17(10-24-27)32(29)26-20(28)25-16-9-14(22)4-5-15(16)13-6-7-23-18(8-13)30-3/h4-10H,11-12H2,1-3H3,(H2,25,26,28). The van der Waals surface area contributed by atoms with Gasteiger partial charge in [0.05, 0.1) is 25.9 Å². The molecule has 2 amide bonds. The van der Waals surface area contributed by atoms with Crippen LogP contribution < -0.4 is 19.5 Å². The quantitative estimate of drug-likeness (QED) is 0.541.